The Morgan fingerprint density at radius 3 is 1.70 bits per heavy atom. The van der Waals surface area contributed by atoms with Gasteiger partial charge in [0.25, 0.3) is 0 Å². The number of rotatable bonds is 7. The number of methoxy groups -OCH3 is 4. The Balaban J connectivity index is 2.39. The van der Waals surface area contributed by atoms with Gasteiger partial charge < -0.3 is 29.2 Å². The fraction of sp³-hybridized carbons (Fsp3) is 0.304. The van der Waals surface area contributed by atoms with Crippen molar-refractivity contribution in [3.8, 4) is 23.0 Å². The van der Waals surface area contributed by atoms with Gasteiger partial charge in [0.2, 0.25) is 0 Å². The molecule has 2 N–H and O–H groups in total. The minimum Gasteiger partial charge on any atom is -0.506 e. The molecule has 0 aliphatic rings. The van der Waals surface area contributed by atoms with Crippen LogP contribution in [-0.2, 0) is 9.47 Å². The molecule has 3 rings (SSSR count). The molecule has 1 aromatic carbocycles. The van der Waals surface area contributed by atoms with Crippen molar-refractivity contribution in [3.05, 3.63) is 54.4 Å². The lowest BCUT2D eigenvalue weighted by Crippen LogP contribution is -2.06. The van der Waals surface area contributed by atoms with Gasteiger partial charge in [-0.3, -0.25) is 0 Å². The highest BCUT2D eigenvalue weighted by molar-refractivity contribution is 7.14. The number of aryl methyl sites for hydroxylation is 2. The fourth-order valence-electron chi connectivity index (χ4n) is 3.65. The van der Waals surface area contributed by atoms with Gasteiger partial charge in [0.05, 0.1) is 44.1 Å². The second-order valence-corrected chi connectivity index (χ2v) is 9.53. The number of carbonyl (C=O) groups is 2. The summed E-state index contributed by atoms with van der Waals surface area (Å²) < 4.78 is 20.6. The number of hydrogen-bond acceptors (Lipinski definition) is 10. The number of ether oxygens (including phenoxy) is 4. The van der Waals surface area contributed by atoms with Crippen LogP contribution in [0, 0.1) is 13.8 Å². The topological polar surface area (TPSA) is 112 Å². The molecule has 0 saturated carbocycles. The number of carbonyl (C=O) groups excluding carboxylic acids is 2. The molecule has 3 aromatic rings. The number of aromatic hydroxyl groups is 2. The average molecular weight is 493 g/mol. The van der Waals surface area contributed by atoms with Gasteiger partial charge in [-0.15, -0.1) is 22.7 Å². The van der Waals surface area contributed by atoms with E-state index >= 15 is 0 Å². The van der Waals surface area contributed by atoms with E-state index in [1.54, 1.807) is 32.0 Å². The predicted octanol–water partition coefficient (Wildman–Crippen LogP) is 4.61. The first-order valence-electron chi connectivity index (χ1n) is 9.73. The maximum absolute atomic E-state index is 12.3. The normalized spacial score (nSPS) is 10.9. The fourth-order valence-corrected chi connectivity index (χ4v) is 6.07. The van der Waals surface area contributed by atoms with E-state index in [1.807, 2.05) is 0 Å². The van der Waals surface area contributed by atoms with Crippen LogP contribution in [0.3, 0.4) is 0 Å². The minimum atomic E-state index is -0.778. The molecule has 2 aromatic heterocycles. The summed E-state index contributed by atoms with van der Waals surface area (Å²) in [5, 5.41) is 22.2. The van der Waals surface area contributed by atoms with Crippen LogP contribution >= 0.6 is 22.7 Å². The standard InChI is InChI=1S/C23H24O8S2/c1-10-15(22(26)30-5)18(24)20(32-10)17(13-9-12(28-3)7-8-14(13)29-4)21-19(25)16(11(2)33-21)23(27)31-6/h7-9,17,24-25H,1-6H3. The molecule has 0 aliphatic carbocycles. The second-order valence-electron chi connectivity index (χ2n) is 7.02. The summed E-state index contributed by atoms with van der Waals surface area (Å²) in [6, 6.07) is 5.15. The molecular weight excluding hydrogens is 468 g/mol. The van der Waals surface area contributed by atoms with Crippen molar-refractivity contribution in [1.29, 1.82) is 0 Å². The first-order chi connectivity index (χ1) is 15.7. The highest BCUT2D eigenvalue weighted by atomic mass is 32.1. The molecule has 0 spiro atoms. The molecule has 10 heteroatoms. The van der Waals surface area contributed by atoms with Gasteiger partial charge in [-0.25, -0.2) is 9.59 Å². The third kappa shape index (κ3) is 4.23. The van der Waals surface area contributed by atoms with E-state index in [-0.39, 0.29) is 22.6 Å². The molecule has 33 heavy (non-hydrogen) atoms. The van der Waals surface area contributed by atoms with E-state index in [9.17, 15) is 19.8 Å². The van der Waals surface area contributed by atoms with Crippen LogP contribution in [0.1, 0.15) is 51.7 Å². The lowest BCUT2D eigenvalue weighted by molar-refractivity contribution is 0.0588. The molecule has 0 unspecified atom stereocenters. The van der Waals surface area contributed by atoms with Crippen LogP contribution in [-0.4, -0.2) is 50.6 Å². The summed E-state index contributed by atoms with van der Waals surface area (Å²) in [7, 11) is 5.49. The SMILES string of the molecule is COC(=O)c1c(C)sc(C(c2cc(OC)ccc2OC)c2sc(C)c(C(=O)OC)c2O)c1O. The van der Waals surface area contributed by atoms with E-state index < -0.39 is 17.9 Å². The van der Waals surface area contributed by atoms with E-state index in [1.165, 1.54) is 51.1 Å². The van der Waals surface area contributed by atoms with Gasteiger partial charge >= 0.3 is 11.9 Å². The first kappa shape index (κ1) is 24.4. The summed E-state index contributed by atoms with van der Waals surface area (Å²) in [6.45, 7) is 3.39. The maximum atomic E-state index is 12.3. The summed E-state index contributed by atoms with van der Waals surface area (Å²) in [5.41, 5.74) is 0.661. The summed E-state index contributed by atoms with van der Waals surface area (Å²) in [5.74, 6) is -1.65. The molecule has 0 atom stereocenters. The Kier molecular flexibility index (Phi) is 7.19. The van der Waals surface area contributed by atoms with Gasteiger partial charge in [-0.2, -0.15) is 0 Å². The molecule has 8 nitrogen and oxygen atoms in total. The molecule has 0 bridgehead atoms. The zero-order valence-electron chi connectivity index (χ0n) is 19.0. The van der Waals surface area contributed by atoms with Gasteiger partial charge in [0.15, 0.2) is 0 Å². The number of esters is 2. The van der Waals surface area contributed by atoms with Crippen LogP contribution in [0.15, 0.2) is 18.2 Å². The number of thiophene rings is 2. The highest BCUT2D eigenvalue weighted by Gasteiger charge is 2.35. The van der Waals surface area contributed by atoms with Gasteiger partial charge in [0.1, 0.15) is 34.1 Å². The lowest BCUT2D eigenvalue weighted by atomic mass is 9.92. The lowest BCUT2D eigenvalue weighted by Gasteiger charge is -2.20. The van der Waals surface area contributed by atoms with E-state index in [2.05, 4.69) is 0 Å². The summed E-state index contributed by atoms with van der Waals surface area (Å²) >= 11 is 2.37. The molecule has 0 amide bonds. The Labute approximate surface area is 198 Å². The Morgan fingerprint density at radius 1 is 0.818 bits per heavy atom. The van der Waals surface area contributed by atoms with Crippen LogP contribution < -0.4 is 9.47 Å². The first-order valence-corrected chi connectivity index (χ1v) is 11.4. The highest BCUT2D eigenvalue weighted by Crippen LogP contribution is 2.52. The molecule has 176 valence electrons. The van der Waals surface area contributed by atoms with E-state index in [0.717, 1.165) is 0 Å². The van der Waals surface area contributed by atoms with Crippen molar-refractivity contribution in [2.45, 2.75) is 19.8 Å². The third-order valence-electron chi connectivity index (χ3n) is 5.22. The van der Waals surface area contributed by atoms with Crippen molar-refractivity contribution in [3.63, 3.8) is 0 Å². The summed E-state index contributed by atoms with van der Waals surface area (Å²) in [4.78, 5) is 26.5. The van der Waals surface area contributed by atoms with Crippen LogP contribution in [0.4, 0.5) is 0 Å². The number of hydrogen-bond donors (Lipinski definition) is 2. The quantitative estimate of drug-likeness (QED) is 0.460. The van der Waals surface area contributed by atoms with Gasteiger partial charge in [0, 0.05) is 15.3 Å². The van der Waals surface area contributed by atoms with E-state index in [0.29, 0.717) is 36.6 Å². The average Bonchev–Trinajstić information content (AvgIpc) is 3.27. The maximum Gasteiger partial charge on any atom is 0.342 e. The molecule has 0 radical (unpaired) electrons. The Bertz CT molecular complexity index is 1140. The smallest absolute Gasteiger partial charge is 0.342 e. The zero-order valence-corrected chi connectivity index (χ0v) is 20.6. The van der Waals surface area contributed by atoms with Crippen LogP contribution in [0.2, 0.25) is 0 Å². The van der Waals surface area contributed by atoms with Gasteiger partial charge in [-0.05, 0) is 32.0 Å². The summed E-state index contributed by atoms with van der Waals surface area (Å²) in [6.07, 6.45) is 0. The molecule has 0 aliphatic heterocycles. The van der Waals surface area contributed by atoms with Crippen molar-refractivity contribution in [2.75, 3.05) is 28.4 Å². The monoisotopic (exact) mass is 492 g/mol. The van der Waals surface area contributed by atoms with Crippen molar-refractivity contribution in [1.82, 2.24) is 0 Å². The number of benzene rings is 1. The molecule has 2 heterocycles. The van der Waals surface area contributed by atoms with Crippen molar-refractivity contribution >= 4 is 34.6 Å². The Morgan fingerprint density at radius 2 is 1.30 bits per heavy atom. The van der Waals surface area contributed by atoms with Crippen LogP contribution in [0.5, 0.6) is 23.0 Å². The van der Waals surface area contributed by atoms with Gasteiger partial charge in [-0.1, -0.05) is 0 Å². The van der Waals surface area contributed by atoms with Crippen molar-refractivity contribution in [2.24, 2.45) is 0 Å². The van der Waals surface area contributed by atoms with E-state index in [4.69, 9.17) is 18.9 Å². The molecular formula is C23H24O8S2. The minimum absolute atomic E-state index is 0.0466. The molecule has 0 saturated heterocycles. The van der Waals surface area contributed by atoms with Crippen molar-refractivity contribution < 1.29 is 38.7 Å². The molecule has 0 fully saturated rings. The Hall–Kier alpha value is -3.24. The second kappa shape index (κ2) is 9.72. The van der Waals surface area contributed by atoms with Crippen LogP contribution in [0.25, 0.3) is 0 Å². The zero-order chi connectivity index (χ0) is 24.4. The predicted molar refractivity (Wildman–Crippen MR) is 125 cm³/mol. The third-order valence-corrected chi connectivity index (χ3v) is 7.54. The largest absolute Gasteiger partial charge is 0.506 e.